The molecule has 0 rings (SSSR count). The molecule has 0 aromatic rings. The molecule has 2 N–H and O–H groups in total. The smallest absolute Gasteiger partial charge is 0.313 e. The van der Waals surface area contributed by atoms with E-state index >= 15 is 0 Å². The van der Waals surface area contributed by atoms with Crippen molar-refractivity contribution in [3.05, 3.63) is 0 Å². The van der Waals surface area contributed by atoms with Gasteiger partial charge in [-0.2, -0.15) is 0 Å². The van der Waals surface area contributed by atoms with Gasteiger partial charge < -0.3 is 10.5 Å². The number of carbonyl (C=O) groups excluding carboxylic acids is 1. The largest absolute Gasteiger partial charge is 0.465 e. The molecule has 0 bridgehead atoms. The maximum Gasteiger partial charge on any atom is 0.313 e. The molecule has 1 atom stereocenters. The van der Waals surface area contributed by atoms with Crippen molar-refractivity contribution in [2.45, 2.75) is 59.9 Å². The molecule has 0 aliphatic rings. The molecule has 0 aliphatic heterocycles. The fourth-order valence-electron chi connectivity index (χ4n) is 1.24. The first-order chi connectivity index (χ1) is 7.13. The highest BCUT2D eigenvalue weighted by molar-refractivity contribution is 5.77. The Morgan fingerprint density at radius 1 is 1.31 bits per heavy atom. The summed E-state index contributed by atoms with van der Waals surface area (Å²) in [6, 6.07) is 0. The van der Waals surface area contributed by atoms with Gasteiger partial charge in [0.25, 0.3) is 0 Å². The van der Waals surface area contributed by atoms with E-state index in [-0.39, 0.29) is 5.97 Å². The standard InChI is InChI=1S/C13H27NO2/c1-7-8-10(2)9-16-11(15)12(3,4)13(5,6)14/h10H,7-9,14H2,1-6H3. The van der Waals surface area contributed by atoms with Gasteiger partial charge in [-0.15, -0.1) is 0 Å². The Kier molecular flexibility index (Phi) is 5.47. The van der Waals surface area contributed by atoms with Crippen LogP contribution in [0.2, 0.25) is 0 Å². The Bertz CT molecular complexity index is 229. The summed E-state index contributed by atoms with van der Waals surface area (Å²) in [6.45, 7) is 12.1. The summed E-state index contributed by atoms with van der Waals surface area (Å²) >= 11 is 0. The molecule has 0 spiro atoms. The molecule has 0 aromatic heterocycles. The maximum atomic E-state index is 11.9. The van der Waals surface area contributed by atoms with Crippen molar-refractivity contribution in [3.63, 3.8) is 0 Å². The van der Waals surface area contributed by atoms with Gasteiger partial charge in [0.15, 0.2) is 0 Å². The summed E-state index contributed by atoms with van der Waals surface area (Å²) in [4.78, 5) is 11.9. The van der Waals surface area contributed by atoms with Crippen LogP contribution in [-0.4, -0.2) is 18.1 Å². The summed E-state index contributed by atoms with van der Waals surface area (Å²) in [7, 11) is 0. The lowest BCUT2D eigenvalue weighted by Gasteiger charge is -2.36. The van der Waals surface area contributed by atoms with Gasteiger partial charge in [0.2, 0.25) is 0 Å². The topological polar surface area (TPSA) is 52.3 Å². The molecule has 16 heavy (non-hydrogen) atoms. The predicted octanol–water partition coefficient (Wildman–Crippen LogP) is 2.73. The number of ether oxygens (including phenoxy) is 1. The zero-order chi connectivity index (χ0) is 13.0. The van der Waals surface area contributed by atoms with Crippen molar-refractivity contribution in [2.24, 2.45) is 17.1 Å². The second kappa shape index (κ2) is 5.67. The van der Waals surface area contributed by atoms with Gasteiger partial charge in [0.05, 0.1) is 12.0 Å². The van der Waals surface area contributed by atoms with Crippen LogP contribution in [0.5, 0.6) is 0 Å². The maximum absolute atomic E-state index is 11.9. The first-order valence-electron chi connectivity index (χ1n) is 6.09. The molecule has 96 valence electrons. The van der Waals surface area contributed by atoms with Crippen molar-refractivity contribution < 1.29 is 9.53 Å². The van der Waals surface area contributed by atoms with E-state index in [0.717, 1.165) is 12.8 Å². The number of hydrogen-bond donors (Lipinski definition) is 1. The first kappa shape index (κ1) is 15.4. The molecule has 0 saturated carbocycles. The number of carbonyl (C=O) groups is 1. The van der Waals surface area contributed by atoms with E-state index in [9.17, 15) is 4.79 Å². The lowest BCUT2D eigenvalue weighted by molar-refractivity contribution is -0.158. The summed E-state index contributed by atoms with van der Waals surface area (Å²) in [6.07, 6.45) is 2.20. The summed E-state index contributed by atoms with van der Waals surface area (Å²) in [5.74, 6) is 0.216. The molecule has 3 heteroatoms. The number of hydrogen-bond acceptors (Lipinski definition) is 3. The van der Waals surface area contributed by atoms with Crippen molar-refractivity contribution in [3.8, 4) is 0 Å². The van der Waals surface area contributed by atoms with Crippen LogP contribution in [0.1, 0.15) is 54.4 Å². The molecule has 0 amide bonds. The Hall–Kier alpha value is -0.570. The minimum atomic E-state index is -0.654. The molecule has 0 aromatic carbocycles. The van der Waals surface area contributed by atoms with Crippen molar-refractivity contribution in [1.29, 1.82) is 0 Å². The Morgan fingerprint density at radius 3 is 2.19 bits per heavy atom. The second-order valence-electron chi connectivity index (χ2n) is 5.84. The van der Waals surface area contributed by atoms with Crippen LogP contribution in [0.25, 0.3) is 0 Å². The second-order valence-corrected chi connectivity index (χ2v) is 5.84. The van der Waals surface area contributed by atoms with Crippen molar-refractivity contribution >= 4 is 5.97 Å². The van der Waals surface area contributed by atoms with Gasteiger partial charge in [-0.1, -0.05) is 20.3 Å². The third kappa shape index (κ3) is 4.12. The number of rotatable bonds is 6. The molecule has 0 fully saturated rings. The fourth-order valence-corrected chi connectivity index (χ4v) is 1.24. The van der Waals surface area contributed by atoms with E-state index < -0.39 is 11.0 Å². The minimum absolute atomic E-state index is 0.206. The van der Waals surface area contributed by atoms with E-state index in [1.165, 1.54) is 0 Å². The summed E-state index contributed by atoms with van der Waals surface area (Å²) < 4.78 is 5.33. The lowest BCUT2D eigenvalue weighted by atomic mass is 9.75. The van der Waals surface area contributed by atoms with E-state index in [1.54, 1.807) is 0 Å². The lowest BCUT2D eigenvalue weighted by Crippen LogP contribution is -2.52. The third-order valence-corrected chi connectivity index (χ3v) is 3.40. The molecular weight excluding hydrogens is 202 g/mol. The average molecular weight is 229 g/mol. The molecule has 0 radical (unpaired) electrons. The molecular formula is C13H27NO2. The van der Waals surface area contributed by atoms with E-state index in [2.05, 4.69) is 13.8 Å². The summed E-state index contributed by atoms with van der Waals surface area (Å²) in [5.41, 5.74) is 4.75. The minimum Gasteiger partial charge on any atom is -0.465 e. The van der Waals surface area contributed by atoms with E-state index in [1.807, 2.05) is 27.7 Å². The highest BCUT2D eigenvalue weighted by Crippen LogP contribution is 2.29. The normalized spacial score (nSPS) is 14.7. The molecule has 0 saturated heterocycles. The van der Waals surface area contributed by atoms with Gasteiger partial charge in [0, 0.05) is 5.54 Å². The van der Waals surface area contributed by atoms with Gasteiger partial charge in [-0.3, -0.25) is 4.79 Å². The Morgan fingerprint density at radius 2 is 1.81 bits per heavy atom. The van der Waals surface area contributed by atoms with Crippen LogP contribution in [0, 0.1) is 11.3 Å². The van der Waals surface area contributed by atoms with Gasteiger partial charge >= 0.3 is 5.97 Å². The predicted molar refractivity (Wildman–Crippen MR) is 67.1 cm³/mol. The average Bonchev–Trinajstić information content (AvgIpc) is 2.12. The SMILES string of the molecule is CCCC(C)COC(=O)C(C)(C)C(C)(C)N. The molecule has 0 heterocycles. The van der Waals surface area contributed by atoms with Crippen LogP contribution < -0.4 is 5.73 Å². The van der Waals surface area contributed by atoms with Gasteiger partial charge in [0.1, 0.15) is 0 Å². The van der Waals surface area contributed by atoms with Gasteiger partial charge in [-0.25, -0.2) is 0 Å². The third-order valence-electron chi connectivity index (χ3n) is 3.40. The van der Waals surface area contributed by atoms with Crippen molar-refractivity contribution in [1.82, 2.24) is 0 Å². The first-order valence-corrected chi connectivity index (χ1v) is 6.09. The van der Waals surface area contributed by atoms with Crippen molar-refractivity contribution in [2.75, 3.05) is 6.61 Å². The molecule has 3 nitrogen and oxygen atoms in total. The van der Waals surface area contributed by atoms with Crippen LogP contribution in [-0.2, 0) is 9.53 Å². The fraction of sp³-hybridized carbons (Fsp3) is 0.923. The highest BCUT2D eigenvalue weighted by Gasteiger charge is 2.41. The number of nitrogens with two attached hydrogens (primary N) is 1. The quantitative estimate of drug-likeness (QED) is 0.712. The number of esters is 1. The summed E-state index contributed by atoms with van der Waals surface area (Å²) in [5, 5.41) is 0. The van der Waals surface area contributed by atoms with Crippen LogP contribution >= 0.6 is 0 Å². The molecule has 0 aliphatic carbocycles. The van der Waals surface area contributed by atoms with Crippen LogP contribution in [0.3, 0.4) is 0 Å². The van der Waals surface area contributed by atoms with Crippen LogP contribution in [0.4, 0.5) is 0 Å². The Balaban J connectivity index is 4.27. The molecule has 1 unspecified atom stereocenters. The zero-order valence-electron chi connectivity index (χ0n) is 11.6. The van der Waals surface area contributed by atoms with Crippen LogP contribution in [0.15, 0.2) is 0 Å². The zero-order valence-corrected chi connectivity index (χ0v) is 11.6. The highest BCUT2D eigenvalue weighted by atomic mass is 16.5. The van der Waals surface area contributed by atoms with E-state index in [4.69, 9.17) is 10.5 Å². The van der Waals surface area contributed by atoms with E-state index in [0.29, 0.717) is 12.5 Å². The Labute approximate surface area is 99.7 Å². The monoisotopic (exact) mass is 229 g/mol. The van der Waals surface area contributed by atoms with Gasteiger partial charge in [-0.05, 0) is 40.0 Å².